The fourth-order valence-corrected chi connectivity index (χ4v) is 1.74. The molecule has 2 aromatic carbocycles. The molecule has 0 unspecified atom stereocenters. The lowest BCUT2D eigenvalue weighted by atomic mass is 10.3. The van der Waals surface area contributed by atoms with Crippen molar-refractivity contribution in [1.82, 2.24) is 0 Å². The zero-order valence-electron chi connectivity index (χ0n) is 9.61. The minimum absolute atomic E-state index is 0.440. The van der Waals surface area contributed by atoms with Gasteiger partial charge in [-0.3, -0.25) is 0 Å². The molecule has 0 heterocycles. The maximum Gasteiger partial charge on any atom is 0.142 e. The molecule has 18 heavy (non-hydrogen) atoms. The van der Waals surface area contributed by atoms with Crippen LogP contribution in [0.4, 0.5) is 5.69 Å². The summed E-state index contributed by atoms with van der Waals surface area (Å²) in [6.45, 7) is 0. The largest absolute Gasteiger partial charge is 0.495 e. The molecule has 0 aliphatic carbocycles. The topological polar surface area (TPSA) is 44.5 Å². The number of benzene rings is 2. The Labute approximate surface area is 115 Å². The molecular weight excluding hydrogens is 273 g/mol. The van der Waals surface area contributed by atoms with Gasteiger partial charge in [0.2, 0.25) is 0 Å². The normalized spacial score (nSPS) is 10.2. The number of anilines is 1. The highest BCUT2D eigenvalue weighted by Crippen LogP contribution is 2.32. The number of ether oxygens (including phenoxy) is 2. The smallest absolute Gasteiger partial charge is 0.142 e. The third kappa shape index (κ3) is 2.81. The van der Waals surface area contributed by atoms with E-state index in [0.717, 1.165) is 0 Å². The van der Waals surface area contributed by atoms with Gasteiger partial charge in [-0.15, -0.1) is 0 Å². The zero-order chi connectivity index (χ0) is 13.1. The summed E-state index contributed by atoms with van der Waals surface area (Å²) in [6.07, 6.45) is 0. The van der Waals surface area contributed by atoms with E-state index in [-0.39, 0.29) is 0 Å². The molecule has 2 aromatic rings. The van der Waals surface area contributed by atoms with Gasteiger partial charge in [0.1, 0.15) is 17.2 Å². The summed E-state index contributed by atoms with van der Waals surface area (Å²) in [5.41, 5.74) is 6.30. The van der Waals surface area contributed by atoms with E-state index in [1.807, 2.05) is 0 Å². The van der Waals surface area contributed by atoms with Crippen molar-refractivity contribution in [2.45, 2.75) is 0 Å². The Morgan fingerprint density at radius 1 is 0.944 bits per heavy atom. The first-order valence-corrected chi connectivity index (χ1v) is 5.92. The van der Waals surface area contributed by atoms with Gasteiger partial charge in [0, 0.05) is 12.1 Å². The molecule has 0 spiro atoms. The lowest BCUT2D eigenvalue weighted by Gasteiger charge is -2.09. The molecule has 0 saturated carbocycles. The SMILES string of the molecule is COc1ccc(Oc2ccc(Cl)c(Cl)c2)cc1N. The molecule has 0 fully saturated rings. The van der Waals surface area contributed by atoms with Crippen molar-refractivity contribution in [3.63, 3.8) is 0 Å². The lowest BCUT2D eigenvalue weighted by Crippen LogP contribution is -1.93. The number of halogens is 2. The van der Waals surface area contributed by atoms with E-state index in [4.69, 9.17) is 38.4 Å². The van der Waals surface area contributed by atoms with Crippen molar-refractivity contribution >= 4 is 28.9 Å². The second-order valence-electron chi connectivity index (χ2n) is 3.58. The average molecular weight is 284 g/mol. The van der Waals surface area contributed by atoms with Gasteiger partial charge in [-0.1, -0.05) is 23.2 Å². The minimum atomic E-state index is 0.440. The molecule has 0 aliphatic rings. The summed E-state index contributed by atoms with van der Waals surface area (Å²) in [4.78, 5) is 0. The Morgan fingerprint density at radius 2 is 1.61 bits per heavy atom. The van der Waals surface area contributed by atoms with Crippen LogP contribution in [-0.2, 0) is 0 Å². The third-order valence-corrected chi connectivity index (χ3v) is 3.07. The van der Waals surface area contributed by atoms with E-state index in [2.05, 4.69) is 0 Å². The van der Waals surface area contributed by atoms with Crippen LogP contribution >= 0.6 is 23.2 Å². The molecule has 0 aromatic heterocycles. The monoisotopic (exact) mass is 283 g/mol. The van der Waals surface area contributed by atoms with E-state index in [0.29, 0.717) is 33.0 Å². The van der Waals surface area contributed by atoms with Gasteiger partial charge in [-0.25, -0.2) is 0 Å². The standard InChI is InChI=1S/C13H11Cl2NO2/c1-17-13-5-3-9(7-12(13)16)18-8-2-4-10(14)11(15)6-8/h2-7H,16H2,1H3. The van der Waals surface area contributed by atoms with Crippen molar-refractivity contribution in [3.05, 3.63) is 46.4 Å². The lowest BCUT2D eigenvalue weighted by molar-refractivity contribution is 0.415. The average Bonchev–Trinajstić information content (AvgIpc) is 2.34. The molecule has 2 rings (SSSR count). The van der Waals surface area contributed by atoms with Crippen molar-refractivity contribution in [3.8, 4) is 17.2 Å². The molecule has 94 valence electrons. The molecule has 0 radical (unpaired) electrons. The van der Waals surface area contributed by atoms with Crippen molar-refractivity contribution in [1.29, 1.82) is 0 Å². The van der Waals surface area contributed by atoms with Crippen LogP contribution in [0.1, 0.15) is 0 Å². The predicted octanol–water partition coefficient (Wildman–Crippen LogP) is 4.38. The van der Waals surface area contributed by atoms with E-state index in [1.54, 1.807) is 43.5 Å². The first-order valence-electron chi connectivity index (χ1n) is 5.16. The number of nitrogens with two attached hydrogens (primary N) is 1. The van der Waals surface area contributed by atoms with Crippen molar-refractivity contribution < 1.29 is 9.47 Å². The van der Waals surface area contributed by atoms with Crippen LogP contribution in [0.5, 0.6) is 17.2 Å². The number of hydrogen-bond donors (Lipinski definition) is 1. The third-order valence-electron chi connectivity index (χ3n) is 2.33. The minimum Gasteiger partial charge on any atom is -0.495 e. The van der Waals surface area contributed by atoms with E-state index >= 15 is 0 Å². The van der Waals surface area contributed by atoms with Crippen LogP contribution in [0.3, 0.4) is 0 Å². The van der Waals surface area contributed by atoms with Crippen LogP contribution in [0.15, 0.2) is 36.4 Å². The van der Waals surface area contributed by atoms with Gasteiger partial charge >= 0.3 is 0 Å². The Balaban J connectivity index is 2.23. The maximum atomic E-state index is 5.90. The quantitative estimate of drug-likeness (QED) is 0.851. The molecule has 2 N–H and O–H groups in total. The first kappa shape index (κ1) is 12.9. The number of hydrogen-bond acceptors (Lipinski definition) is 3. The molecule has 0 amide bonds. The Bertz CT molecular complexity index is 573. The van der Waals surface area contributed by atoms with Crippen molar-refractivity contribution in [2.24, 2.45) is 0 Å². The Hall–Kier alpha value is -1.58. The van der Waals surface area contributed by atoms with Crippen LogP contribution in [0, 0.1) is 0 Å². The number of rotatable bonds is 3. The summed E-state index contributed by atoms with van der Waals surface area (Å²) >= 11 is 11.7. The van der Waals surface area contributed by atoms with E-state index in [1.165, 1.54) is 0 Å². The van der Waals surface area contributed by atoms with Gasteiger partial charge in [-0.2, -0.15) is 0 Å². The Kier molecular flexibility index (Phi) is 3.84. The second kappa shape index (κ2) is 5.38. The molecular formula is C13H11Cl2NO2. The highest BCUT2D eigenvalue weighted by Gasteiger charge is 2.04. The maximum absolute atomic E-state index is 5.90. The summed E-state index contributed by atoms with van der Waals surface area (Å²) in [6, 6.07) is 10.2. The van der Waals surface area contributed by atoms with Crippen LogP contribution < -0.4 is 15.2 Å². The van der Waals surface area contributed by atoms with Gasteiger partial charge in [0.05, 0.1) is 22.8 Å². The van der Waals surface area contributed by atoms with Gasteiger partial charge in [-0.05, 0) is 24.3 Å². The number of methoxy groups -OCH3 is 1. The molecule has 0 saturated heterocycles. The van der Waals surface area contributed by atoms with Crippen molar-refractivity contribution in [2.75, 3.05) is 12.8 Å². The van der Waals surface area contributed by atoms with Gasteiger partial charge < -0.3 is 15.2 Å². The highest BCUT2D eigenvalue weighted by molar-refractivity contribution is 6.42. The zero-order valence-corrected chi connectivity index (χ0v) is 11.1. The summed E-state index contributed by atoms with van der Waals surface area (Å²) in [7, 11) is 1.56. The summed E-state index contributed by atoms with van der Waals surface area (Å²) in [5.74, 6) is 1.80. The molecule has 3 nitrogen and oxygen atoms in total. The second-order valence-corrected chi connectivity index (χ2v) is 4.40. The summed E-state index contributed by atoms with van der Waals surface area (Å²) < 4.78 is 10.7. The molecule has 0 atom stereocenters. The number of nitrogen functional groups attached to an aromatic ring is 1. The predicted molar refractivity (Wildman–Crippen MR) is 73.9 cm³/mol. The Morgan fingerprint density at radius 3 is 2.22 bits per heavy atom. The fraction of sp³-hybridized carbons (Fsp3) is 0.0769. The first-order chi connectivity index (χ1) is 8.60. The molecule has 0 aliphatic heterocycles. The highest BCUT2D eigenvalue weighted by atomic mass is 35.5. The molecule has 5 heteroatoms. The summed E-state index contributed by atoms with van der Waals surface area (Å²) in [5, 5.41) is 0.925. The van der Waals surface area contributed by atoms with Gasteiger partial charge in [0.15, 0.2) is 0 Å². The van der Waals surface area contributed by atoms with Crippen LogP contribution in [0.2, 0.25) is 10.0 Å². The molecule has 0 bridgehead atoms. The van der Waals surface area contributed by atoms with Gasteiger partial charge in [0.25, 0.3) is 0 Å². The van der Waals surface area contributed by atoms with E-state index in [9.17, 15) is 0 Å². The van der Waals surface area contributed by atoms with Crippen LogP contribution in [0.25, 0.3) is 0 Å². The van der Waals surface area contributed by atoms with E-state index < -0.39 is 0 Å². The fourth-order valence-electron chi connectivity index (χ4n) is 1.45. The van der Waals surface area contributed by atoms with Crippen LogP contribution in [-0.4, -0.2) is 7.11 Å².